The molecule has 3 heterocycles. The maximum Gasteiger partial charge on any atom is 0.312 e. The van der Waals surface area contributed by atoms with Crippen molar-refractivity contribution in [2.24, 2.45) is 0 Å². The zero-order chi connectivity index (χ0) is 18.5. The first-order valence-electron chi connectivity index (χ1n) is 8.14. The average Bonchev–Trinajstić information content (AvgIpc) is 3.37. The van der Waals surface area contributed by atoms with E-state index in [1.807, 2.05) is 53.9 Å². The lowest BCUT2D eigenvalue weighted by molar-refractivity contribution is -0.144. The second kappa shape index (κ2) is 7.83. The molecule has 4 aromatic rings. The molecule has 0 fully saturated rings. The van der Waals surface area contributed by atoms with Crippen LogP contribution in [0.2, 0.25) is 0 Å². The number of thiazole rings is 1. The van der Waals surface area contributed by atoms with Crippen LogP contribution in [0.5, 0.6) is 0 Å². The lowest BCUT2D eigenvalue weighted by atomic mass is 10.3. The number of esters is 1. The Hall–Kier alpha value is -3.46. The van der Waals surface area contributed by atoms with Crippen molar-refractivity contribution in [3.8, 4) is 16.4 Å². The predicted molar refractivity (Wildman–Crippen MR) is 98.0 cm³/mol. The fourth-order valence-electron chi connectivity index (χ4n) is 2.40. The van der Waals surface area contributed by atoms with Crippen LogP contribution in [0.1, 0.15) is 11.5 Å². The third-order valence-electron chi connectivity index (χ3n) is 3.66. The maximum absolute atomic E-state index is 12.2. The summed E-state index contributed by atoms with van der Waals surface area (Å²) >= 11 is 1.44. The van der Waals surface area contributed by atoms with Crippen LogP contribution in [0.15, 0.2) is 60.1 Å². The number of tetrazole rings is 1. The quantitative estimate of drug-likeness (QED) is 0.476. The highest BCUT2D eigenvalue weighted by atomic mass is 32.1. The van der Waals surface area contributed by atoms with Crippen LogP contribution in [-0.4, -0.2) is 36.1 Å². The highest BCUT2D eigenvalue weighted by Crippen LogP contribution is 2.21. The summed E-state index contributed by atoms with van der Waals surface area (Å²) in [5.74, 6) is 0.0532. The van der Waals surface area contributed by atoms with Crippen molar-refractivity contribution >= 4 is 17.3 Å². The molecule has 0 unspecified atom stereocenters. The van der Waals surface area contributed by atoms with Crippen LogP contribution in [0.4, 0.5) is 0 Å². The van der Waals surface area contributed by atoms with E-state index in [1.54, 1.807) is 6.20 Å². The van der Waals surface area contributed by atoms with Crippen molar-refractivity contribution in [3.63, 3.8) is 0 Å². The Morgan fingerprint density at radius 2 is 1.96 bits per heavy atom. The van der Waals surface area contributed by atoms with Gasteiger partial charge in [0.05, 0.1) is 23.5 Å². The molecule has 9 heteroatoms. The Balaban J connectivity index is 1.37. The number of aromatic nitrogens is 6. The van der Waals surface area contributed by atoms with E-state index < -0.39 is 5.97 Å². The third-order valence-corrected chi connectivity index (χ3v) is 4.57. The summed E-state index contributed by atoms with van der Waals surface area (Å²) in [7, 11) is 0. The Kier molecular flexibility index (Phi) is 4.93. The Bertz CT molecular complexity index is 1030. The summed E-state index contributed by atoms with van der Waals surface area (Å²) in [5, 5.41) is 14.1. The molecule has 1 aromatic carbocycles. The lowest BCUT2D eigenvalue weighted by Crippen LogP contribution is -2.11. The van der Waals surface area contributed by atoms with Crippen LogP contribution < -0.4 is 0 Å². The Labute approximate surface area is 158 Å². The van der Waals surface area contributed by atoms with Crippen molar-refractivity contribution in [2.45, 2.75) is 13.0 Å². The van der Waals surface area contributed by atoms with Crippen LogP contribution in [-0.2, 0) is 22.6 Å². The van der Waals surface area contributed by atoms with E-state index in [2.05, 4.69) is 25.5 Å². The maximum atomic E-state index is 12.2. The molecule has 0 atom stereocenters. The number of pyridine rings is 1. The fraction of sp³-hybridized carbons (Fsp3) is 0.111. The first kappa shape index (κ1) is 17.0. The van der Waals surface area contributed by atoms with Crippen LogP contribution >= 0.6 is 11.3 Å². The molecule has 0 aliphatic carbocycles. The van der Waals surface area contributed by atoms with Crippen molar-refractivity contribution in [1.29, 1.82) is 0 Å². The number of nitrogens with zero attached hydrogens (tertiary/aromatic N) is 6. The van der Waals surface area contributed by atoms with Gasteiger partial charge in [0.1, 0.15) is 5.01 Å². The topological polar surface area (TPSA) is 95.7 Å². The van der Waals surface area contributed by atoms with Gasteiger partial charge >= 0.3 is 5.97 Å². The van der Waals surface area contributed by atoms with Gasteiger partial charge < -0.3 is 4.74 Å². The molecule has 0 radical (unpaired) electrons. The number of hydrogen-bond acceptors (Lipinski definition) is 8. The van der Waals surface area contributed by atoms with E-state index in [4.69, 9.17) is 4.74 Å². The van der Waals surface area contributed by atoms with Crippen molar-refractivity contribution < 1.29 is 9.53 Å². The lowest BCUT2D eigenvalue weighted by Gasteiger charge is -2.05. The number of benzene rings is 1. The summed E-state index contributed by atoms with van der Waals surface area (Å²) in [5.41, 5.74) is 2.23. The number of hydrogen-bond donors (Lipinski definition) is 0. The fourth-order valence-corrected chi connectivity index (χ4v) is 3.20. The molecule has 3 aromatic heterocycles. The van der Waals surface area contributed by atoms with Gasteiger partial charge in [-0.2, -0.15) is 4.68 Å². The molecule has 0 saturated carbocycles. The minimum atomic E-state index is -0.393. The summed E-state index contributed by atoms with van der Waals surface area (Å²) in [6, 6.07) is 15.0. The Morgan fingerprint density at radius 1 is 1.11 bits per heavy atom. The van der Waals surface area contributed by atoms with Crippen molar-refractivity contribution in [3.05, 3.63) is 71.6 Å². The van der Waals surface area contributed by atoms with E-state index in [1.165, 1.54) is 16.0 Å². The van der Waals surface area contributed by atoms with E-state index >= 15 is 0 Å². The SMILES string of the molecule is O=C(Cc1csc(-c2ccccn2)n1)OCc1nnnn1-c1ccccc1. The molecular weight excluding hydrogens is 364 g/mol. The second-order valence-electron chi connectivity index (χ2n) is 5.54. The molecule has 134 valence electrons. The van der Waals surface area contributed by atoms with Gasteiger partial charge in [-0.25, -0.2) is 4.98 Å². The number of carbonyl (C=O) groups excluding carboxylic acids is 1. The van der Waals surface area contributed by atoms with Gasteiger partial charge in [0.15, 0.2) is 12.4 Å². The third kappa shape index (κ3) is 4.04. The largest absolute Gasteiger partial charge is 0.457 e. The molecule has 0 N–H and O–H groups in total. The first-order chi connectivity index (χ1) is 13.3. The first-order valence-corrected chi connectivity index (χ1v) is 9.01. The van der Waals surface area contributed by atoms with E-state index in [0.717, 1.165) is 16.4 Å². The molecule has 0 aliphatic rings. The van der Waals surface area contributed by atoms with E-state index in [0.29, 0.717) is 11.5 Å². The Morgan fingerprint density at radius 3 is 2.78 bits per heavy atom. The smallest absolute Gasteiger partial charge is 0.312 e. The molecule has 0 aliphatic heterocycles. The molecule has 0 amide bonds. The number of rotatable bonds is 6. The summed E-state index contributed by atoms with van der Waals surface area (Å²) in [6.45, 7) is -0.0159. The molecule has 0 saturated heterocycles. The van der Waals surface area contributed by atoms with Gasteiger partial charge in [-0.3, -0.25) is 9.78 Å². The highest BCUT2D eigenvalue weighted by molar-refractivity contribution is 7.13. The van der Waals surface area contributed by atoms with Gasteiger partial charge in [-0.15, -0.1) is 16.4 Å². The minimum Gasteiger partial charge on any atom is -0.457 e. The molecule has 27 heavy (non-hydrogen) atoms. The summed E-state index contributed by atoms with van der Waals surface area (Å²) in [4.78, 5) is 20.8. The van der Waals surface area contributed by atoms with Crippen molar-refractivity contribution in [1.82, 2.24) is 30.2 Å². The standard InChI is InChI=1S/C18H14N6O2S/c25-17(10-13-12-27-18(20-13)15-8-4-5-9-19-15)26-11-16-21-22-23-24(16)14-6-2-1-3-7-14/h1-9,12H,10-11H2. The normalized spacial score (nSPS) is 10.7. The van der Waals surface area contributed by atoms with Crippen LogP contribution in [0.25, 0.3) is 16.4 Å². The van der Waals surface area contributed by atoms with Crippen molar-refractivity contribution in [2.75, 3.05) is 0 Å². The summed E-state index contributed by atoms with van der Waals surface area (Å²) < 4.78 is 6.85. The summed E-state index contributed by atoms with van der Waals surface area (Å²) in [6.07, 6.45) is 1.79. The average molecular weight is 378 g/mol. The number of para-hydroxylation sites is 1. The monoisotopic (exact) mass is 378 g/mol. The number of carbonyl (C=O) groups is 1. The molecule has 0 spiro atoms. The van der Waals surface area contributed by atoms with Gasteiger partial charge in [-0.1, -0.05) is 24.3 Å². The van der Waals surface area contributed by atoms with Gasteiger partial charge in [0.25, 0.3) is 0 Å². The second-order valence-corrected chi connectivity index (χ2v) is 6.40. The van der Waals surface area contributed by atoms with Crippen LogP contribution in [0.3, 0.4) is 0 Å². The van der Waals surface area contributed by atoms with Gasteiger partial charge in [0.2, 0.25) is 0 Å². The highest BCUT2D eigenvalue weighted by Gasteiger charge is 2.14. The zero-order valence-corrected chi connectivity index (χ0v) is 14.9. The van der Waals surface area contributed by atoms with Gasteiger partial charge in [-0.05, 0) is 34.7 Å². The molecular formula is C18H14N6O2S. The van der Waals surface area contributed by atoms with Crippen LogP contribution in [0, 0.1) is 0 Å². The minimum absolute atomic E-state index is 0.0159. The van der Waals surface area contributed by atoms with Gasteiger partial charge in [0, 0.05) is 11.6 Å². The molecule has 4 rings (SSSR count). The zero-order valence-electron chi connectivity index (χ0n) is 14.1. The van der Waals surface area contributed by atoms with E-state index in [-0.39, 0.29) is 13.0 Å². The number of ether oxygens (including phenoxy) is 1. The molecule has 8 nitrogen and oxygen atoms in total. The molecule has 0 bridgehead atoms. The van der Waals surface area contributed by atoms with E-state index in [9.17, 15) is 4.79 Å². The predicted octanol–water partition coefficient (Wildman–Crippen LogP) is 2.47.